The van der Waals surface area contributed by atoms with Crippen LogP contribution in [-0.2, 0) is 14.8 Å². The van der Waals surface area contributed by atoms with Gasteiger partial charge in [0, 0.05) is 30.1 Å². The summed E-state index contributed by atoms with van der Waals surface area (Å²) in [5.41, 5.74) is -0.147. The van der Waals surface area contributed by atoms with Crippen LogP contribution in [0.2, 0.25) is 0 Å². The highest BCUT2D eigenvalue weighted by Crippen LogP contribution is 2.24. The fraction of sp³-hybridized carbons (Fsp3) is 0.200. The minimum Gasteiger partial charge on any atom is -0.423 e. The van der Waals surface area contributed by atoms with Gasteiger partial charge in [0.2, 0.25) is 15.6 Å². The number of carbonyl (C=O) groups is 1. The fourth-order valence-electron chi connectivity index (χ4n) is 3.15. The third kappa shape index (κ3) is 3.93. The van der Waals surface area contributed by atoms with Gasteiger partial charge in [-0.15, -0.1) is 0 Å². The zero-order chi connectivity index (χ0) is 20.4. The average molecular weight is 414 g/mol. The lowest BCUT2D eigenvalue weighted by Crippen LogP contribution is -2.40. The second kappa shape index (κ2) is 7.78. The summed E-state index contributed by atoms with van der Waals surface area (Å²) < 4.78 is 37.8. The molecule has 1 N–H and O–H groups in total. The third-order valence-corrected chi connectivity index (χ3v) is 6.49. The number of morpholine rings is 1. The Morgan fingerprint density at radius 2 is 1.76 bits per heavy atom. The van der Waals surface area contributed by atoms with Crippen LogP contribution >= 0.6 is 0 Å². The predicted octanol–water partition coefficient (Wildman–Crippen LogP) is 1.77. The standard InChI is InChI=1S/C20H18N2O6S/c23-19-13-17(20(24)28-14-4-2-1-3-5-14)16-12-15(6-7-18(16)21-19)29(25,26)22-8-10-27-11-9-22/h1-7,12-13H,8-11H2,(H,21,23). The van der Waals surface area contributed by atoms with Crippen LogP contribution in [0.5, 0.6) is 5.75 Å². The summed E-state index contributed by atoms with van der Waals surface area (Å²) in [6.45, 7) is 1.17. The molecule has 2 aromatic carbocycles. The number of H-pyrrole nitrogens is 1. The van der Waals surface area contributed by atoms with E-state index < -0.39 is 21.6 Å². The van der Waals surface area contributed by atoms with E-state index in [0.717, 1.165) is 6.07 Å². The van der Waals surface area contributed by atoms with Crippen molar-refractivity contribution in [3.8, 4) is 5.75 Å². The van der Waals surface area contributed by atoms with Crippen LogP contribution in [0.25, 0.3) is 10.9 Å². The maximum absolute atomic E-state index is 13.0. The fourth-order valence-corrected chi connectivity index (χ4v) is 4.58. The number of ether oxygens (including phenoxy) is 2. The van der Waals surface area contributed by atoms with Crippen LogP contribution in [0.4, 0.5) is 0 Å². The first-order valence-electron chi connectivity index (χ1n) is 8.97. The van der Waals surface area contributed by atoms with Crippen molar-refractivity contribution in [1.29, 1.82) is 0 Å². The Bertz CT molecular complexity index is 1210. The molecule has 1 aliphatic rings. The van der Waals surface area contributed by atoms with Gasteiger partial charge in [0.15, 0.2) is 0 Å². The lowest BCUT2D eigenvalue weighted by molar-refractivity contribution is 0.0730. The Balaban J connectivity index is 1.77. The molecule has 0 saturated carbocycles. The van der Waals surface area contributed by atoms with Gasteiger partial charge in [-0.05, 0) is 30.3 Å². The van der Waals surface area contributed by atoms with Crippen LogP contribution in [0.1, 0.15) is 10.4 Å². The molecule has 0 unspecified atom stereocenters. The number of hydrogen-bond acceptors (Lipinski definition) is 6. The third-order valence-electron chi connectivity index (χ3n) is 4.60. The van der Waals surface area contributed by atoms with E-state index in [1.807, 2.05) is 0 Å². The number of aromatic amines is 1. The molecule has 2 heterocycles. The van der Waals surface area contributed by atoms with E-state index in [4.69, 9.17) is 9.47 Å². The minimum atomic E-state index is -3.76. The Hall–Kier alpha value is -3.01. The summed E-state index contributed by atoms with van der Waals surface area (Å²) >= 11 is 0. The van der Waals surface area contributed by atoms with Gasteiger partial charge in [0.25, 0.3) is 0 Å². The molecule has 0 bridgehead atoms. The van der Waals surface area contributed by atoms with E-state index in [1.54, 1.807) is 30.3 Å². The number of nitrogens with zero attached hydrogens (tertiary/aromatic N) is 1. The summed E-state index contributed by atoms with van der Waals surface area (Å²) in [5, 5.41) is 0.292. The molecule has 3 aromatic rings. The summed E-state index contributed by atoms with van der Waals surface area (Å²) in [5.74, 6) is -0.420. The number of carbonyl (C=O) groups excluding carboxylic acids is 1. The highest BCUT2D eigenvalue weighted by Gasteiger charge is 2.27. The topological polar surface area (TPSA) is 106 Å². The van der Waals surface area contributed by atoms with Crippen molar-refractivity contribution in [2.75, 3.05) is 26.3 Å². The van der Waals surface area contributed by atoms with Crippen LogP contribution < -0.4 is 10.3 Å². The molecule has 0 aliphatic carbocycles. The maximum atomic E-state index is 13.0. The summed E-state index contributed by atoms with van der Waals surface area (Å²) in [7, 11) is -3.76. The number of fused-ring (bicyclic) bond motifs is 1. The zero-order valence-corrected chi connectivity index (χ0v) is 16.1. The van der Waals surface area contributed by atoms with Gasteiger partial charge in [-0.25, -0.2) is 13.2 Å². The highest BCUT2D eigenvalue weighted by atomic mass is 32.2. The van der Waals surface area contributed by atoms with Gasteiger partial charge in [-0.1, -0.05) is 18.2 Å². The molecule has 0 spiro atoms. The first-order valence-corrected chi connectivity index (χ1v) is 10.4. The normalized spacial score (nSPS) is 15.3. The summed E-state index contributed by atoms with van der Waals surface area (Å²) in [6.07, 6.45) is 0. The van der Waals surface area contributed by atoms with Crippen LogP contribution in [0.3, 0.4) is 0 Å². The molecule has 4 rings (SSSR count). The van der Waals surface area contributed by atoms with Crippen LogP contribution in [0.15, 0.2) is 64.3 Å². The van der Waals surface area contributed by atoms with Gasteiger partial charge < -0.3 is 14.5 Å². The predicted molar refractivity (Wildman–Crippen MR) is 106 cm³/mol. The molecule has 150 valence electrons. The molecular weight excluding hydrogens is 396 g/mol. The summed E-state index contributed by atoms with van der Waals surface area (Å²) in [6, 6.07) is 13.8. The van der Waals surface area contributed by atoms with Crippen molar-refractivity contribution >= 4 is 26.9 Å². The molecule has 1 fully saturated rings. The monoisotopic (exact) mass is 414 g/mol. The number of benzene rings is 2. The highest BCUT2D eigenvalue weighted by molar-refractivity contribution is 7.89. The van der Waals surface area contributed by atoms with E-state index in [9.17, 15) is 18.0 Å². The van der Waals surface area contributed by atoms with Crippen LogP contribution in [-0.4, -0.2) is 50.0 Å². The first-order chi connectivity index (χ1) is 13.9. The number of aromatic nitrogens is 1. The maximum Gasteiger partial charge on any atom is 0.344 e. The SMILES string of the molecule is O=C(Oc1ccccc1)c1cc(=O)[nH]c2ccc(S(=O)(=O)N3CCOCC3)cc12. The van der Waals surface area contributed by atoms with Crippen LogP contribution in [0, 0.1) is 0 Å². The van der Waals surface area contributed by atoms with Gasteiger partial charge >= 0.3 is 5.97 Å². The van der Waals surface area contributed by atoms with Crippen molar-refractivity contribution in [2.45, 2.75) is 4.90 Å². The van der Waals surface area contributed by atoms with Gasteiger partial charge in [0.1, 0.15) is 5.75 Å². The minimum absolute atomic E-state index is 0.00775. The second-order valence-corrected chi connectivity index (χ2v) is 8.41. The zero-order valence-electron chi connectivity index (χ0n) is 15.3. The van der Waals surface area contributed by atoms with Crippen molar-refractivity contribution in [2.24, 2.45) is 0 Å². The molecule has 1 aromatic heterocycles. The molecule has 0 amide bonds. The molecule has 0 atom stereocenters. The molecule has 9 heteroatoms. The van der Waals surface area contributed by atoms with Gasteiger partial charge in [0.05, 0.1) is 23.7 Å². The van der Waals surface area contributed by atoms with Gasteiger partial charge in [-0.3, -0.25) is 4.79 Å². The van der Waals surface area contributed by atoms with E-state index in [2.05, 4.69) is 4.98 Å². The van der Waals surface area contributed by atoms with E-state index in [1.165, 1.54) is 22.5 Å². The smallest absolute Gasteiger partial charge is 0.344 e. The van der Waals surface area contributed by atoms with E-state index in [-0.39, 0.29) is 23.5 Å². The molecule has 1 aliphatic heterocycles. The first kappa shape index (κ1) is 19.3. The Labute approximate surface area is 166 Å². The Morgan fingerprint density at radius 1 is 1.03 bits per heavy atom. The summed E-state index contributed by atoms with van der Waals surface area (Å²) in [4.78, 5) is 27.3. The molecule has 29 heavy (non-hydrogen) atoms. The lowest BCUT2D eigenvalue weighted by atomic mass is 10.1. The number of rotatable bonds is 4. The van der Waals surface area contributed by atoms with Gasteiger partial charge in [-0.2, -0.15) is 4.31 Å². The average Bonchev–Trinajstić information content (AvgIpc) is 2.74. The number of esters is 1. The number of nitrogens with one attached hydrogen (secondary N) is 1. The quantitative estimate of drug-likeness (QED) is 0.515. The Kier molecular flexibility index (Phi) is 5.18. The van der Waals surface area contributed by atoms with E-state index >= 15 is 0 Å². The molecule has 0 radical (unpaired) electrons. The second-order valence-electron chi connectivity index (χ2n) is 6.47. The molecule has 1 saturated heterocycles. The molecule has 8 nitrogen and oxygen atoms in total. The van der Waals surface area contributed by atoms with Crippen molar-refractivity contribution in [1.82, 2.24) is 9.29 Å². The largest absolute Gasteiger partial charge is 0.423 e. The van der Waals surface area contributed by atoms with Crippen molar-refractivity contribution in [3.63, 3.8) is 0 Å². The molecular formula is C20H18N2O6S. The van der Waals surface area contributed by atoms with E-state index in [0.29, 0.717) is 29.9 Å². The lowest BCUT2D eigenvalue weighted by Gasteiger charge is -2.26. The number of sulfonamides is 1. The van der Waals surface area contributed by atoms with Crippen molar-refractivity contribution < 1.29 is 22.7 Å². The number of para-hydroxylation sites is 1. The number of hydrogen-bond donors (Lipinski definition) is 1. The van der Waals surface area contributed by atoms with Crippen molar-refractivity contribution in [3.05, 3.63) is 70.5 Å². The Morgan fingerprint density at radius 3 is 2.48 bits per heavy atom. The number of pyridine rings is 1.